The van der Waals surface area contributed by atoms with Crippen molar-refractivity contribution in [3.8, 4) is 5.75 Å². The van der Waals surface area contributed by atoms with Crippen LogP contribution in [0.2, 0.25) is 0 Å². The number of amides is 1. The first kappa shape index (κ1) is 16.4. The third kappa shape index (κ3) is 3.64. The molecule has 0 aliphatic heterocycles. The highest BCUT2D eigenvalue weighted by Gasteiger charge is 2.11. The van der Waals surface area contributed by atoms with Gasteiger partial charge in [0.1, 0.15) is 5.75 Å². The second kappa shape index (κ2) is 7.37. The number of para-hydroxylation sites is 1. The number of nitrogens with zero attached hydrogens (tertiary/aromatic N) is 2. The summed E-state index contributed by atoms with van der Waals surface area (Å²) in [7, 11) is 1.72. The van der Waals surface area contributed by atoms with Crippen LogP contribution >= 0.6 is 0 Å². The van der Waals surface area contributed by atoms with Crippen molar-refractivity contribution in [3.05, 3.63) is 52.8 Å². The Morgan fingerprint density at radius 1 is 1.39 bits per heavy atom. The van der Waals surface area contributed by atoms with E-state index in [4.69, 9.17) is 0 Å². The van der Waals surface area contributed by atoms with Crippen molar-refractivity contribution >= 4 is 17.8 Å². The number of aliphatic hydroxyl groups is 1. The number of nitrogens with one attached hydrogen (secondary N) is 2. The average molecular weight is 314 g/mol. The minimum atomic E-state index is -0.387. The SMILES string of the molecule is CNc1ccccc1C(=O)N/N=C/c1c(CO)cnc(C)c1O. The summed E-state index contributed by atoms with van der Waals surface area (Å²) >= 11 is 0. The lowest BCUT2D eigenvalue weighted by Crippen LogP contribution is -2.19. The van der Waals surface area contributed by atoms with Gasteiger partial charge < -0.3 is 15.5 Å². The Kier molecular flexibility index (Phi) is 5.27. The van der Waals surface area contributed by atoms with E-state index in [9.17, 15) is 15.0 Å². The van der Waals surface area contributed by atoms with Crippen LogP contribution in [-0.4, -0.2) is 34.4 Å². The Labute approximate surface area is 133 Å². The topological polar surface area (TPSA) is 107 Å². The molecule has 2 aromatic rings. The summed E-state index contributed by atoms with van der Waals surface area (Å²) in [5.41, 5.74) is 4.68. The number of carbonyl (C=O) groups is 1. The van der Waals surface area contributed by atoms with Crippen LogP contribution < -0.4 is 10.7 Å². The summed E-state index contributed by atoms with van der Waals surface area (Å²) in [6, 6.07) is 7.02. The largest absolute Gasteiger partial charge is 0.505 e. The van der Waals surface area contributed by atoms with Crippen LogP contribution in [0.4, 0.5) is 5.69 Å². The molecular formula is C16H18N4O3. The molecule has 23 heavy (non-hydrogen) atoms. The second-order valence-electron chi connectivity index (χ2n) is 4.78. The molecule has 7 heteroatoms. The summed E-state index contributed by atoms with van der Waals surface area (Å²) in [4.78, 5) is 16.1. The Morgan fingerprint density at radius 3 is 2.83 bits per heavy atom. The zero-order valence-electron chi connectivity index (χ0n) is 12.9. The van der Waals surface area contributed by atoms with Crippen molar-refractivity contribution in [3.63, 3.8) is 0 Å². The number of anilines is 1. The Bertz CT molecular complexity index is 744. The summed E-state index contributed by atoms with van der Waals surface area (Å²) < 4.78 is 0. The van der Waals surface area contributed by atoms with Gasteiger partial charge in [-0.3, -0.25) is 9.78 Å². The van der Waals surface area contributed by atoms with Crippen molar-refractivity contribution in [2.75, 3.05) is 12.4 Å². The number of hydrazone groups is 1. The van der Waals surface area contributed by atoms with Gasteiger partial charge in [0, 0.05) is 30.1 Å². The van der Waals surface area contributed by atoms with E-state index in [1.54, 1.807) is 32.2 Å². The number of aliphatic hydroxyl groups excluding tert-OH is 1. The van der Waals surface area contributed by atoms with Gasteiger partial charge in [-0.25, -0.2) is 5.43 Å². The highest BCUT2D eigenvalue weighted by molar-refractivity contribution is 6.00. The van der Waals surface area contributed by atoms with Gasteiger partial charge in [-0.15, -0.1) is 0 Å². The summed E-state index contributed by atoms with van der Waals surface area (Å²) in [5, 5.41) is 26.0. The van der Waals surface area contributed by atoms with Crippen LogP contribution in [0.3, 0.4) is 0 Å². The van der Waals surface area contributed by atoms with Crippen LogP contribution in [0.1, 0.15) is 27.2 Å². The fourth-order valence-electron chi connectivity index (χ4n) is 2.04. The van der Waals surface area contributed by atoms with Gasteiger partial charge in [0.15, 0.2) is 0 Å². The molecule has 120 valence electrons. The van der Waals surface area contributed by atoms with E-state index >= 15 is 0 Å². The molecule has 1 aromatic carbocycles. The molecule has 0 radical (unpaired) electrons. The van der Waals surface area contributed by atoms with Crippen molar-refractivity contribution in [1.29, 1.82) is 0 Å². The van der Waals surface area contributed by atoms with E-state index in [1.165, 1.54) is 12.4 Å². The van der Waals surface area contributed by atoms with E-state index in [1.807, 2.05) is 6.07 Å². The van der Waals surface area contributed by atoms with Gasteiger partial charge in [0.2, 0.25) is 0 Å². The normalized spacial score (nSPS) is 10.7. The summed E-state index contributed by atoms with van der Waals surface area (Å²) in [5.74, 6) is -0.466. The van der Waals surface area contributed by atoms with Gasteiger partial charge in [-0.1, -0.05) is 12.1 Å². The molecule has 4 N–H and O–H groups in total. The molecule has 0 aliphatic rings. The van der Waals surface area contributed by atoms with E-state index in [0.29, 0.717) is 28.1 Å². The van der Waals surface area contributed by atoms with Crippen molar-refractivity contribution < 1.29 is 15.0 Å². The number of aryl methyl sites for hydroxylation is 1. The first-order chi connectivity index (χ1) is 11.1. The Hall–Kier alpha value is -2.93. The fraction of sp³-hybridized carbons (Fsp3) is 0.188. The van der Waals surface area contributed by atoms with E-state index in [2.05, 4.69) is 20.8 Å². The van der Waals surface area contributed by atoms with E-state index < -0.39 is 0 Å². The summed E-state index contributed by atoms with van der Waals surface area (Å²) in [6.45, 7) is 1.34. The predicted octanol–water partition coefficient (Wildman–Crippen LogP) is 1.39. The van der Waals surface area contributed by atoms with E-state index in [0.717, 1.165) is 0 Å². The van der Waals surface area contributed by atoms with Gasteiger partial charge in [-0.2, -0.15) is 5.10 Å². The molecule has 0 atom stereocenters. The lowest BCUT2D eigenvalue weighted by atomic mass is 10.1. The van der Waals surface area contributed by atoms with Crippen molar-refractivity contribution in [2.45, 2.75) is 13.5 Å². The lowest BCUT2D eigenvalue weighted by molar-refractivity contribution is 0.0956. The smallest absolute Gasteiger partial charge is 0.273 e. The Morgan fingerprint density at radius 2 is 2.13 bits per heavy atom. The van der Waals surface area contributed by atoms with Crippen LogP contribution in [0, 0.1) is 6.92 Å². The first-order valence-electron chi connectivity index (χ1n) is 6.97. The highest BCUT2D eigenvalue weighted by atomic mass is 16.3. The molecule has 0 unspecified atom stereocenters. The molecule has 0 aliphatic carbocycles. The minimum absolute atomic E-state index is 0.0785. The van der Waals surface area contributed by atoms with Crippen LogP contribution in [-0.2, 0) is 6.61 Å². The van der Waals surface area contributed by atoms with Crippen LogP contribution in [0.15, 0.2) is 35.6 Å². The molecule has 1 heterocycles. The third-order valence-electron chi connectivity index (χ3n) is 3.33. The van der Waals surface area contributed by atoms with Crippen molar-refractivity contribution in [1.82, 2.24) is 10.4 Å². The lowest BCUT2D eigenvalue weighted by Gasteiger charge is -2.08. The third-order valence-corrected chi connectivity index (χ3v) is 3.33. The molecular weight excluding hydrogens is 296 g/mol. The summed E-state index contributed by atoms with van der Waals surface area (Å²) in [6.07, 6.45) is 2.74. The molecule has 1 amide bonds. The predicted molar refractivity (Wildman–Crippen MR) is 87.6 cm³/mol. The molecule has 0 fully saturated rings. The molecule has 0 saturated heterocycles. The minimum Gasteiger partial charge on any atom is -0.505 e. The quantitative estimate of drug-likeness (QED) is 0.493. The number of carbonyl (C=O) groups excluding carboxylic acids is 1. The average Bonchev–Trinajstić information content (AvgIpc) is 2.58. The second-order valence-corrected chi connectivity index (χ2v) is 4.78. The molecule has 0 spiro atoms. The van der Waals surface area contributed by atoms with Gasteiger partial charge in [0.05, 0.1) is 24.1 Å². The zero-order chi connectivity index (χ0) is 16.8. The van der Waals surface area contributed by atoms with Gasteiger partial charge >= 0.3 is 0 Å². The maximum Gasteiger partial charge on any atom is 0.273 e. The van der Waals surface area contributed by atoms with Gasteiger partial charge in [-0.05, 0) is 19.1 Å². The van der Waals surface area contributed by atoms with Crippen LogP contribution in [0.5, 0.6) is 5.75 Å². The maximum absolute atomic E-state index is 12.1. The standard InChI is InChI=1S/C16H18N4O3/c1-10-15(22)13(11(9-21)7-18-10)8-19-20-16(23)12-5-3-4-6-14(12)17-2/h3-8,17,21-22H,9H2,1-2H3,(H,20,23)/b19-8+. The number of pyridine rings is 1. The van der Waals surface area contributed by atoms with E-state index in [-0.39, 0.29) is 18.3 Å². The number of hydrogen-bond acceptors (Lipinski definition) is 6. The molecule has 1 aromatic heterocycles. The monoisotopic (exact) mass is 314 g/mol. The highest BCUT2D eigenvalue weighted by Crippen LogP contribution is 2.21. The Balaban J connectivity index is 2.19. The number of aromatic hydroxyl groups is 1. The zero-order valence-corrected chi connectivity index (χ0v) is 12.9. The number of benzene rings is 1. The molecule has 2 rings (SSSR count). The molecule has 0 bridgehead atoms. The van der Waals surface area contributed by atoms with Crippen molar-refractivity contribution in [2.24, 2.45) is 5.10 Å². The molecule has 0 saturated carbocycles. The fourth-order valence-corrected chi connectivity index (χ4v) is 2.04. The number of aromatic nitrogens is 1. The van der Waals surface area contributed by atoms with Crippen LogP contribution in [0.25, 0.3) is 0 Å². The van der Waals surface area contributed by atoms with Gasteiger partial charge in [0.25, 0.3) is 5.91 Å². The maximum atomic E-state index is 12.1. The first-order valence-corrected chi connectivity index (χ1v) is 6.97. The number of rotatable bonds is 5. The number of hydrogen-bond donors (Lipinski definition) is 4. The molecule has 7 nitrogen and oxygen atoms in total.